The zero-order valence-electron chi connectivity index (χ0n) is 10.3. The fraction of sp³-hybridized carbons (Fsp3) is 0.333. The Morgan fingerprint density at radius 1 is 1.33 bits per heavy atom. The second-order valence-electron chi connectivity index (χ2n) is 4.50. The van der Waals surface area contributed by atoms with E-state index in [-0.39, 0.29) is 0 Å². The molecule has 1 aliphatic carbocycles. The molecule has 94 valence electrons. The van der Waals surface area contributed by atoms with Crippen molar-refractivity contribution in [2.45, 2.75) is 31.7 Å². The molecule has 0 aliphatic heterocycles. The lowest BCUT2D eigenvalue weighted by molar-refractivity contribution is 0.112. The predicted molar refractivity (Wildman–Crippen MR) is 78.1 cm³/mol. The minimum Gasteiger partial charge on any atom is -0.370 e. The molecule has 1 unspecified atom stereocenters. The Hall–Kier alpha value is -1.48. The molecule has 2 nitrogen and oxygen atoms in total. The normalized spacial score (nSPS) is 19.0. The summed E-state index contributed by atoms with van der Waals surface area (Å²) in [5, 5.41) is 3.34. The molecule has 18 heavy (non-hydrogen) atoms. The van der Waals surface area contributed by atoms with Gasteiger partial charge in [0.15, 0.2) is 6.29 Å². The van der Waals surface area contributed by atoms with E-state index in [4.69, 9.17) is 12.2 Å². The molecule has 1 aliphatic rings. The summed E-state index contributed by atoms with van der Waals surface area (Å²) in [6, 6.07) is 7.72. The maximum Gasteiger partial charge on any atom is 0.150 e. The molecule has 1 atom stereocenters. The van der Waals surface area contributed by atoms with Gasteiger partial charge in [0.25, 0.3) is 0 Å². The average Bonchev–Trinajstić information content (AvgIpc) is 2.67. The molecule has 0 heterocycles. The van der Waals surface area contributed by atoms with Gasteiger partial charge in [0.1, 0.15) is 4.99 Å². The number of carbonyl (C=O) groups excluding carboxylic acids is 1. The Balaban J connectivity index is 2.09. The number of allylic oxidation sites excluding steroid dienone is 1. The lowest BCUT2D eigenvalue weighted by Gasteiger charge is -2.16. The number of carbonyl (C=O) groups is 1. The Morgan fingerprint density at radius 3 is 3.00 bits per heavy atom. The van der Waals surface area contributed by atoms with Crippen molar-refractivity contribution in [3.8, 4) is 0 Å². The van der Waals surface area contributed by atoms with Crippen molar-refractivity contribution in [2.75, 3.05) is 0 Å². The summed E-state index contributed by atoms with van der Waals surface area (Å²) < 4.78 is 0. The largest absolute Gasteiger partial charge is 0.370 e. The highest BCUT2D eigenvalue weighted by Crippen LogP contribution is 2.13. The molecular formula is C15H17NOS. The third kappa shape index (κ3) is 3.26. The Kier molecular flexibility index (Phi) is 4.65. The lowest BCUT2D eigenvalue weighted by Crippen LogP contribution is -2.33. The van der Waals surface area contributed by atoms with Crippen molar-refractivity contribution in [2.24, 2.45) is 0 Å². The van der Waals surface area contributed by atoms with E-state index in [2.05, 4.69) is 17.5 Å². The molecular weight excluding hydrogens is 242 g/mol. The first-order valence-corrected chi connectivity index (χ1v) is 6.74. The maximum absolute atomic E-state index is 11.0. The lowest BCUT2D eigenvalue weighted by atomic mass is 10.1. The van der Waals surface area contributed by atoms with Gasteiger partial charge in [0.2, 0.25) is 0 Å². The Bertz CT molecular complexity index is 467. The summed E-state index contributed by atoms with van der Waals surface area (Å²) in [6.07, 6.45) is 9.94. The molecule has 0 aromatic heterocycles. The molecule has 0 fully saturated rings. The van der Waals surface area contributed by atoms with Crippen molar-refractivity contribution in [3.63, 3.8) is 0 Å². The van der Waals surface area contributed by atoms with Gasteiger partial charge >= 0.3 is 0 Å². The van der Waals surface area contributed by atoms with Crippen LogP contribution in [0.25, 0.3) is 0 Å². The summed E-state index contributed by atoms with van der Waals surface area (Å²) in [6.45, 7) is 0. The van der Waals surface area contributed by atoms with E-state index in [9.17, 15) is 4.79 Å². The molecule has 3 heteroatoms. The van der Waals surface area contributed by atoms with Crippen molar-refractivity contribution in [1.82, 2.24) is 5.32 Å². The first kappa shape index (κ1) is 13.0. The maximum atomic E-state index is 11.0. The molecule has 0 spiro atoms. The van der Waals surface area contributed by atoms with Crippen LogP contribution in [-0.4, -0.2) is 17.3 Å². The van der Waals surface area contributed by atoms with Crippen molar-refractivity contribution < 1.29 is 4.79 Å². The summed E-state index contributed by atoms with van der Waals surface area (Å²) >= 11 is 5.40. The van der Waals surface area contributed by atoms with Gasteiger partial charge < -0.3 is 5.32 Å². The zero-order chi connectivity index (χ0) is 12.8. The van der Waals surface area contributed by atoms with Gasteiger partial charge in [-0.05, 0) is 19.3 Å². The predicted octanol–water partition coefficient (Wildman–Crippen LogP) is 3.26. The van der Waals surface area contributed by atoms with Crippen molar-refractivity contribution in [1.29, 1.82) is 0 Å². The van der Waals surface area contributed by atoms with E-state index < -0.39 is 0 Å². The third-order valence-corrected chi connectivity index (χ3v) is 3.49. The molecule has 2 rings (SSSR count). The van der Waals surface area contributed by atoms with Crippen LogP contribution in [0.1, 0.15) is 41.6 Å². The van der Waals surface area contributed by atoms with Gasteiger partial charge in [-0.1, -0.05) is 55.1 Å². The molecule has 0 radical (unpaired) electrons. The van der Waals surface area contributed by atoms with Gasteiger partial charge in [-0.25, -0.2) is 0 Å². The quantitative estimate of drug-likeness (QED) is 0.513. The van der Waals surface area contributed by atoms with E-state index in [1.807, 2.05) is 18.2 Å². The molecule has 0 amide bonds. The number of benzene rings is 1. The number of hydrogen-bond donors (Lipinski definition) is 1. The van der Waals surface area contributed by atoms with Gasteiger partial charge in [0.05, 0.1) is 0 Å². The highest BCUT2D eigenvalue weighted by Gasteiger charge is 2.12. The van der Waals surface area contributed by atoms with Crippen LogP contribution in [0.4, 0.5) is 0 Å². The van der Waals surface area contributed by atoms with Crippen LogP contribution in [0.15, 0.2) is 36.4 Å². The van der Waals surface area contributed by atoms with Crippen LogP contribution in [0.3, 0.4) is 0 Å². The van der Waals surface area contributed by atoms with Crippen LogP contribution < -0.4 is 5.32 Å². The summed E-state index contributed by atoms with van der Waals surface area (Å²) in [7, 11) is 0. The SMILES string of the molecule is O=Cc1ccccc1C(=S)NC1C=CCCCC1. The fourth-order valence-corrected chi connectivity index (χ4v) is 2.49. The van der Waals surface area contributed by atoms with Crippen molar-refractivity contribution >= 4 is 23.5 Å². The van der Waals surface area contributed by atoms with Gasteiger partial charge in [-0.2, -0.15) is 0 Å². The number of aldehydes is 1. The van der Waals surface area contributed by atoms with Gasteiger partial charge in [0, 0.05) is 17.2 Å². The topological polar surface area (TPSA) is 29.1 Å². The molecule has 1 aromatic rings. The smallest absolute Gasteiger partial charge is 0.150 e. The fourth-order valence-electron chi connectivity index (χ4n) is 2.16. The monoisotopic (exact) mass is 259 g/mol. The van der Waals surface area contributed by atoms with Crippen LogP contribution >= 0.6 is 12.2 Å². The molecule has 0 saturated heterocycles. The summed E-state index contributed by atoms with van der Waals surface area (Å²) in [5.74, 6) is 0. The first-order valence-electron chi connectivity index (χ1n) is 6.33. The van der Waals surface area contributed by atoms with Crippen LogP contribution in [0.5, 0.6) is 0 Å². The molecule has 1 N–H and O–H groups in total. The molecule has 1 aromatic carbocycles. The highest BCUT2D eigenvalue weighted by atomic mass is 32.1. The van der Waals surface area contributed by atoms with E-state index in [1.54, 1.807) is 6.07 Å². The van der Waals surface area contributed by atoms with E-state index in [0.717, 1.165) is 24.7 Å². The standard InChI is InChI=1S/C15H17NOS/c17-11-12-7-5-6-10-14(12)15(18)16-13-8-3-1-2-4-9-13/h3,5-8,10-11,13H,1-2,4,9H2,(H,16,18). The van der Waals surface area contributed by atoms with Crippen LogP contribution in [0.2, 0.25) is 0 Å². The second-order valence-corrected chi connectivity index (χ2v) is 4.91. The Labute approximate surface area is 113 Å². The zero-order valence-corrected chi connectivity index (χ0v) is 11.1. The van der Waals surface area contributed by atoms with Crippen molar-refractivity contribution in [3.05, 3.63) is 47.5 Å². The van der Waals surface area contributed by atoms with Crippen LogP contribution in [0, 0.1) is 0 Å². The average molecular weight is 259 g/mol. The minimum atomic E-state index is 0.291. The summed E-state index contributed by atoms with van der Waals surface area (Å²) in [5.41, 5.74) is 1.47. The number of thiocarbonyl (C=S) groups is 1. The number of hydrogen-bond acceptors (Lipinski definition) is 2. The first-order chi connectivity index (χ1) is 8.81. The van der Waals surface area contributed by atoms with E-state index in [1.165, 1.54) is 12.8 Å². The Morgan fingerprint density at radius 2 is 2.17 bits per heavy atom. The molecule has 0 saturated carbocycles. The summed E-state index contributed by atoms with van der Waals surface area (Å²) in [4.78, 5) is 11.6. The molecule has 0 bridgehead atoms. The number of rotatable bonds is 3. The van der Waals surface area contributed by atoms with Gasteiger partial charge in [-0.15, -0.1) is 0 Å². The number of nitrogens with one attached hydrogen (secondary N) is 1. The van der Waals surface area contributed by atoms with Crippen LogP contribution in [-0.2, 0) is 0 Å². The van der Waals surface area contributed by atoms with Gasteiger partial charge in [-0.3, -0.25) is 4.79 Å². The minimum absolute atomic E-state index is 0.291. The second kappa shape index (κ2) is 6.45. The van der Waals surface area contributed by atoms with E-state index in [0.29, 0.717) is 16.6 Å². The van der Waals surface area contributed by atoms with E-state index >= 15 is 0 Å². The highest BCUT2D eigenvalue weighted by molar-refractivity contribution is 7.80. The third-order valence-electron chi connectivity index (χ3n) is 3.15.